The summed E-state index contributed by atoms with van der Waals surface area (Å²) in [5.41, 5.74) is 2.05. The Bertz CT molecular complexity index is 717. The van der Waals surface area contributed by atoms with Gasteiger partial charge in [0.25, 0.3) is 0 Å². The maximum Gasteiger partial charge on any atom is 0.230 e. The molecule has 5 nitrogen and oxygen atoms in total. The van der Waals surface area contributed by atoms with Gasteiger partial charge in [-0.15, -0.1) is 11.3 Å². The highest BCUT2D eigenvalue weighted by Gasteiger charge is 2.15. The second kappa shape index (κ2) is 8.34. The fourth-order valence-electron chi connectivity index (χ4n) is 3.10. The second-order valence-electron chi connectivity index (χ2n) is 6.22. The van der Waals surface area contributed by atoms with Gasteiger partial charge < -0.3 is 14.8 Å². The van der Waals surface area contributed by atoms with Gasteiger partial charge in [-0.25, -0.2) is 4.98 Å². The number of hydrogen-bond donors (Lipinski definition) is 1. The molecule has 1 aliphatic rings. The third-order valence-corrected chi connectivity index (χ3v) is 5.48. The molecule has 0 saturated carbocycles. The second-order valence-corrected chi connectivity index (χ2v) is 7.30. The lowest BCUT2D eigenvalue weighted by molar-refractivity contribution is -0.115. The molecule has 0 radical (unpaired) electrons. The van der Waals surface area contributed by atoms with Crippen molar-refractivity contribution in [1.29, 1.82) is 0 Å². The van der Waals surface area contributed by atoms with E-state index in [0.717, 1.165) is 23.5 Å². The summed E-state index contributed by atoms with van der Waals surface area (Å²) in [6, 6.07) is 5.53. The highest BCUT2D eigenvalue weighted by molar-refractivity contribution is 7.15. The van der Waals surface area contributed by atoms with Gasteiger partial charge in [0.15, 0.2) is 16.6 Å². The van der Waals surface area contributed by atoms with Gasteiger partial charge in [0, 0.05) is 4.88 Å². The first kappa shape index (κ1) is 17.7. The minimum atomic E-state index is -0.0612. The third-order valence-electron chi connectivity index (χ3n) is 4.40. The highest BCUT2D eigenvalue weighted by Crippen LogP contribution is 2.30. The molecule has 1 aliphatic carbocycles. The van der Waals surface area contributed by atoms with Crippen LogP contribution >= 0.6 is 11.3 Å². The number of anilines is 1. The van der Waals surface area contributed by atoms with Crippen LogP contribution in [0.15, 0.2) is 18.2 Å². The molecule has 1 aromatic carbocycles. The molecule has 0 bridgehead atoms. The van der Waals surface area contributed by atoms with Crippen molar-refractivity contribution < 1.29 is 14.3 Å². The highest BCUT2D eigenvalue weighted by atomic mass is 32.1. The Balaban J connectivity index is 1.65. The summed E-state index contributed by atoms with van der Waals surface area (Å²) in [6.45, 7) is 0. The van der Waals surface area contributed by atoms with Crippen molar-refractivity contribution in [2.24, 2.45) is 0 Å². The lowest BCUT2D eigenvalue weighted by Crippen LogP contribution is -2.14. The van der Waals surface area contributed by atoms with Crippen molar-refractivity contribution in [3.63, 3.8) is 0 Å². The summed E-state index contributed by atoms with van der Waals surface area (Å²) < 4.78 is 10.5. The molecule has 1 heterocycles. The van der Waals surface area contributed by atoms with E-state index < -0.39 is 0 Å². The Labute approximate surface area is 152 Å². The number of benzene rings is 1. The number of amides is 1. The van der Waals surface area contributed by atoms with Crippen LogP contribution in [-0.4, -0.2) is 25.1 Å². The van der Waals surface area contributed by atoms with Crippen LogP contribution in [0, 0.1) is 0 Å². The predicted octanol–water partition coefficient (Wildman–Crippen LogP) is 4.00. The number of rotatable bonds is 5. The van der Waals surface area contributed by atoms with E-state index in [1.54, 1.807) is 25.6 Å². The summed E-state index contributed by atoms with van der Waals surface area (Å²) in [6.07, 6.45) is 7.36. The first-order chi connectivity index (χ1) is 12.2. The van der Waals surface area contributed by atoms with Crippen molar-refractivity contribution in [3.8, 4) is 11.5 Å². The number of carbonyl (C=O) groups excluding carboxylic acids is 1. The van der Waals surface area contributed by atoms with Crippen molar-refractivity contribution in [2.45, 2.75) is 44.9 Å². The van der Waals surface area contributed by atoms with Crippen molar-refractivity contribution in [2.75, 3.05) is 19.5 Å². The molecule has 2 aromatic rings. The van der Waals surface area contributed by atoms with E-state index in [9.17, 15) is 4.79 Å². The molecule has 0 fully saturated rings. The number of ether oxygens (including phenoxy) is 2. The van der Waals surface area contributed by atoms with E-state index in [1.165, 1.54) is 36.3 Å². The van der Waals surface area contributed by atoms with Gasteiger partial charge in [0.2, 0.25) is 5.91 Å². The van der Waals surface area contributed by atoms with Gasteiger partial charge in [-0.1, -0.05) is 18.9 Å². The first-order valence-electron chi connectivity index (χ1n) is 8.69. The monoisotopic (exact) mass is 360 g/mol. The summed E-state index contributed by atoms with van der Waals surface area (Å²) in [5, 5.41) is 3.67. The van der Waals surface area contributed by atoms with Gasteiger partial charge in [-0.05, 0) is 43.4 Å². The topological polar surface area (TPSA) is 60.5 Å². The molecule has 0 aliphatic heterocycles. The lowest BCUT2D eigenvalue weighted by atomic mass is 10.0. The van der Waals surface area contributed by atoms with Crippen LogP contribution in [0.25, 0.3) is 0 Å². The Hall–Kier alpha value is -2.08. The lowest BCUT2D eigenvalue weighted by Gasteiger charge is -2.09. The standard InChI is InChI=1S/C19H24N2O3S/c1-23-15-10-9-13(11-16(15)24-2)12-18(22)21-19-20-14-7-5-3-4-6-8-17(14)25-19/h9-11H,3-8,12H2,1-2H3,(H,20,21,22). The summed E-state index contributed by atoms with van der Waals surface area (Å²) in [7, 11) is 3.19. The number of carbonyl (C=O) groups is 1. The van der Waals surface area contributed by atoms with E-state index in [-0.39, 0.29) is 12.3 Å². The molecule has 1 N–H and O–H groups in total. The van der Waals surface area contributed by atoms with E-state index in [0.29, 0.717) is 11.5 Å². The van der Waals surface area contributed by atoms with E-state index in [4.69, 9.17) is 9.47 Å². The molecule has 6 heteroatoms. The molecule has 0 saturated heterocycles. The van der Waals surface area contributed by atoms with Crippen LogP contribution in [-0.2, 0) is 24.1 Å². The molecule has 0 atom stereocenters. The number of aryl methyl sites for hydroxylation is 2. The van der Waals surface area contributed by atoms with Gasteiger partial charge >= 0.3 is 0 Å². The largest absolute Gasteiger partial charge is 0.493 e. The van der Waals surface area contributed by atoms with Crippen molar-refractivity contribution >= 4 is 22.4 Å². The number of fused-ring (bicyclic) bond motifs is 1. The number of thiazole rings is 1. The Morgan fingerprint density at radius 1 is 1.12 bits per heavy atom. The van der Waals surface area contributed by atoms with E-state index in [1.807, 2.05) is 18.2 Å². The summed E-state index contributed by atoms with van der Waals surface area (Å²) >= 11 is 1.62. The van der Waals surface area contributed by atoms with Gasteiger partial charge in [0.1, 0.15) is 0 Å². The Kier molecular flexibility index (Phi) is 5.91. The van der Waals surface area contributed by atoms with Crippen LogP contribution in [0.5, 0.6) is 11.5 Å². The van der Waals surface area contributed by atoms with Crippen LogP contribution in [0.2, 0.25) is 0 Å². The average molecular weight is 360 g/mol. The van der Waals surface area contributed by atoms with Gasteiger partial charge in [0.05, 0.1) is 26.3 Å². The third kappa shape index (κ3) is 4.51. The number of methoxy groups -OCH3 is 2. The average Bonchev–Trinajstić information content (AvgIpc) is 2.95. The number of nitrogens with one attached hydrogen (secondary N) is 1. The van der Waals surface area contributed by atoms with Crippen LogP contribution < -0.4 is 14.8 Å². The number of hydrogen-bond acceptors (Lipinski definition) is 5. The van der Waals surface area contributed by atoms with Gasteiger partial charge in [-0.3, -0.25) is 4.79 Å². The zero-order chi connectivity index (χ0) is 17.6. The minimum Gasteiger partial charge on any atom is -0.493 e. The summed E-state index contributed by atoms with van der Waals surface area (Å²) in [5.74, 6) is 1.23. The van der Waals surface area contributed by atoms with E-state index >= 15 is 0 Å². The number of aromatic nitrogens is 1. The first-order valence-corrected chi connectivity index (χ1v) is 9.50. The molecule has 1 amide bonds. The maximum absolute atomic E-state index is 12.4. The SMILES string of the molecule is COc1ccc(CC(=O)Nc2nc3c(s2)CCCCCC3)cc1OC. The fourth-order valence-corrected chi connectivity index (χ4v) is 4.16. The molecular formula is C19H24N2O3S. The molecule has 3 rings (SSSR count). The number of nitrogens with zero attached hydrogens (tertiary/aromatic N) is 1. The van der Waals surface area contributed by atoms with Crippen LogP contribution in [0.3, 0.4) is 0 Å². The maximum atomic E-state index is 12.4. The van der Waals surface area contributed by atoms with Crippen molar-refractivity contribution in [1.82, 2.24) is 4.98 Å². The molecular weight excluding hydrogens is 336 g/mol. The zero-order valence-electron chi connectivity index (χ0n) is 14.8. The van der Waals surface area contributed by atoms with E-state index in [2.05, 4.69) is 10.3 Å². The molecule has 0 unspecified atom stereocenters. The zero-order valence-corrected chi connectivity index (χ0v) is 15.6. The van der Waals surface area contributed by atoms with Gasteiger partial charge in [-0.2, -0.15) is 0 Å². The van der Waals surface area contributed by atoms with Crippen LogP contribution in [0.4, 0.5) is 5.13 Å². The smallest absolute Gasteiger partial charge is 0.230 e. The minimum absolute atomic E-state index is 0.0612. The molecule has 0 spiro atoms. The normalized spacial score (nSPS) is 14.2. The quantitative estimate of drug-likeness (QED) is 0.875. The fraction of sp³-hybridized carbons (Fsp3) is 0.474. The predicted molar refractivity (Wildman–Crippen MR) is 99.9 cm³/mol. The Morgan fingerprint density at radius 3 is 2.64 bits per heavy atom. The Morgan fingerprint density at radius 2 is 1.88 bits per heavy atom. The summed E-state index contributed by atoms with van der Waals surface area (Å²) in [4.78, 5) is 18.3. The molecule has 134 valence electrons. The molecule has 1 aromatic heterocycles. The van der Waals surface area contributed by atoms with Crippen molar-refractivity contribution in [3.05, 3.63) is 34.3 Å². The molecule has 25 heavy (non-hydrogen) atoms. The van der Waals surface area contributed by atoms with Crippen LogP contribution in [0.1, 0.15) is 41.8 Å².